The summed E-state index contributed by atoms with van der Waals surface area (Å²) < 4.78 is 9.97. The van der Waals surface area contributed by atoms with Crippen LogP contribution in [0, 0.1) is 0 Å². The molecule has 0 fully saturated rings. The summed E-state index contributed by atoms with van der Waals surface area (Å²) in [5.41, 5.74) is -0.235. The average molecular weight is 495 g/mol. The molecule has 2 aromatic carbocycles. The van der Waals surface area contributed by atoms with Crippen molar-refractivity contribution in [3.63, 3.8) is 0 Å². The number of ether oxygens (including phenoxy) is 2. The molecule has 2 aliphatic rings. The lowest BCUT2D eigenvalue weighted by molar-refractivity contribution is -0.133. The van der Waals surface area contributed by atoms with Gasteiger partial charge >= 0.3 is 12.2 Å². The fourth-order valence-electron chi connectivity index (χ4n) is 5.47. The van der Waals surface area contributed by atoms with Gasteiger partial charge in [-0.1, -0.05) is 36.4 Å². The van der Waals surface area contributed by atoms with Crippen LogP contribution in [0.25, 0.3) is 0 Å². The number of carbonyl (C=O) groups excluding carboxylic acids is 4. The number of hydrogen-bond acceptors (Lipinski definition) is 6. The molecule has 2 aliphatic heterocycles. The number of carbonyl (C=O) groups is 4. The first-order valence-electron chi connectivity index (χ1n) is 12.0. The lowest BCUT2D eigenvalue weighted by Crippen LogP contribution is -2.59. The summed E-state index contributed by atoms with van der Waals surface area (Å²) in [6.45, 7) is 3.99. The van der Waals surface area contributed by atoms with Crippen molar-refractivity contribution in [2.24, 2.45) is 0 Å². The largest absolute Gasteiger partial charge is 0.450 e. The van der Waals surface area contributed by atoms with E-state index in [4.69, 9.17) is 9.47 Å². The fraction of sp³-hybridized carbons (Fsp3) is 0.385. The molecular weight excluding hydrogens is 464 g/mol. The molecule has 10 heteroatoms. The van der Waals surface area contributed by atoms with Crippen LogP contribution in [0.15, 0.2) is 48.5 Å². The molecule has 0 unspecified atom stereocenters. The van der Waals surface area contributed by atoms with E-state index in [9.17, 15) is 19.2 Å². The molecule has 0 saturated carbocycles. The number of benzene rings is 2. The van der Waals surface area contributed by atoms with Crippen LogP contribution in [0.5, 0.6) is 0 Å². The zero-order valence-corrected chi connectivity index (χ0v) is 20.3. The van der Waals surface area contributed by atoms with Gasteiger partial charge in [0, 0.05) is 24.5 Å². The quantitative estimate of drug-likeness (QED) is 0.423. The van der Waals surface area contributed by atoms with Crippen molar-refractivity contribution in [1.82, 2.24) is 10.6 Å². The van der Waals surface area contributed by atoms with Crippen molar-refractivity contribution in [2.75, 3.05) is 36.9 Å². The number of alkyl carbamates (subject to hydrolysis) is 2. The maximum Gasteiger partial charge on any atom is 0.407 e. The third-order valence-electron chi connectivity index (χ3n) is 6.86. The summed E-state index contributed by atoms with van der Waals surface area (Å²) >= 11 is 0. The van der Waals surface area contributed by atoms with E-state index >= 15 is 0 Å². The Balaban J connectivity index is 1.84. The normalized spacial score (nSPS) is 21.6. The monoisotopic (exact) mass is 494 g/mol. The number of rotatable bonds is 9. The SMILES string of the molecule is CCOC(=O)NCC[C@]1([C@@]2(CCNC(=O)OCC)C(=O)Nc3ccccc32)C(=O)Nc2ccccc21. The number of amides is 4. The highest BCUT2D eigenvalue weighted by molar-refractivity contribution is 6.17. The van der Waals surface area contributed by atoms with Crippen LogP contribution in [0.4, 0.5) is 21.0 Å². The Morgan fingerprint density at radius 3 is 1.50 bits per heavy atom. The highest BCUT2D eigenvalue weighted by atomic mass is 16.6. The van der Waals surface area contributed by atoms with Crippen LogP contribution in [0.2, 0.25) is 0 Å². The maximum absolute atomic E-state index is 14.0. The molecule has 0 aliphatic carbocycles. The molecule has 36 heavy (non-hydrogen) atoms. The van der Waals surface area contributed by atoms with Crippen LogP contribution >= 0.6 is 0 Å². The lowest BCUT2D eigenvalue weighted by Gasteiger charge is -2.44. The highest BCUT2D eigenvalue weighted by Crippen LogP contribution is 2.58. The first-order valence-corrected chi connectivity index (χ1v) is 12.0. The average Bonchev–Trinajstić information content (AvgIpc) is 3.31. The van der Waals surface area contributed by atoms with E-state index in [-0.39, 0.29) is 51.0 Å². The minimum atomic E-state index is -1.38. The number of para-hydroxylation sites is 2. The van der Waals surface area contributed by atoms with Crippen molar-refractivity contribution < 1.29 is 28.7 Å². The van der Waals surface area contributed by atoms with Crippen molar-refractivity contribution in [3.8, 4) is 0 Å². The van der Waals surface area contributed by atoms with Gasteiger partial charge in [-0.25, -0.2) is 9.59 Å². The summed E-state index contributed by atoms with van der Waals surface area (Å²) in [5.74, 6) is -0.699. The van der Waals surface area contributed by atoms with Gasteiger partial charge in [0.25, 0.3) is 0 Å². The lowest BCUT2D eigenvalue weighted by atomic mass is 9.54. The van der Waals surface area contributed by atoms with Crippen LogP contribution in [0.3, 0.4) is 0 Å². The molecule has 0 radical (unpaired) electrons. The van der Waals surface area contributed by atoms with Gasteiger partial charge < -0.3 is 30.7 Å². The third-order valence-corrected chi connectivity index (χ3v) is 6.86. The Labute approximate surface area is 209 Å². The summed E-state index contributed by atoms with van der Waals surface area (Å²) in [6, 6.07) is 14.5. The van der Waals surface area contributed by atoms with E-state index in [0.717, 1.165) is 0 Å². The second-order valence-electron chi connectivity index (χ2n) is 8.60. The van der Waals surface area contributed by atoms with Crippen LogP contribution in [-0.4, -0.2) is 50.3 Å². The summed E-state index contributed by atoms with van der Waals surface area (Å²) in [4.78, 5) is 52.0. The van der Waals surface area contributed by atoms with Gasteiger partial charge in [0.05, 0.1) is 24.0 Å². The second kappa shape index (κ2) is 10.3. The van der Waals surface area contributed by atoms with Gasteiger partial charge in [0.15, 0.2) is 0 Å². The van der Waals surface area contributed by atoms with Crippen molar-refractivity contribution >= 4 is 35.4 Å². The number of hydrogen-bond donors (Lipinski definition) is 4. The molecule has 2 aromatic rings. The zero-order valence-electron chi connectivity index (χ0n) is 20.3. The van der Waals surface area contributed by atoms with Crippen molar-refractivity contribution in [3.05, 3.63) is 59.7 Å². The van der Waals surface area contributed by atoms with Gasteiger partial charge in [0.2, 0.25) is 11.8 Å². The summed E-state index contributed by atoms with van der Waals surface area (Å²) in [6.07, 6.45) is -0.965. The van der Waals surface area contributed by atoms with Crippen LogP contribution < -0.4 is 21.3 Å². The molecule has 2 heterocycles. The van der Waals surface area contributed by atoms with Gasteiger partial charge in [-0.15, -0.1) is 0 Å². The number of fused-ring (bicyclic) bond motifs is 2. The van der Waals surface area contributed by atoms with E-state index in [0.29, 0.717) is 22.5 Å². The first kappa shape index (κ1) is 25.0. The molecule has 0 aromatic heterocycles. The number of nitrogens with one attached hydrogen (secondary N) is 4. The van der Waals surface area contributed by atoms with E-state index in [1.807, 2.05) is 36.4 Å². The standard InChI is InChI=1S/C26H30N4O6/c1-3-35-23(33)27-15-13-25(17-9-5-7-11-19(17)29-21(25)31)26(14-16-28-24(34)36-4-2)18-10-6-8-12-20(18)30-22(26)32/h5-12H,3-4,13-16H2,1-2H3,(H,27,33)(H,28,34)(H,29,31)(H,30,32)/t25-,26-/m1/s1. The molecular formula is C26H30N4O6. The molecule has 4 N–H and O–H groups in total. The van der Waals surface area contributed by atoms with Gasteiger partial charge in [-0.2, -0.15) is 0 Å². The molecule has 0 saturated heterocycles. The van der Waals surface area contributed by atoms with E-state index in [1.54, 1.807) is 26.0 Å². The van der Waals surface area contributed by atoms with E-state index in [1.165, 1.54) is 0 Å². The van der Waals surface area contributed by atoms with E-state index in [2.05, 4.69) is 21.3 Å². The Bertz CT molecular complexity index is 1090. The first-order chi connectivity index (χ1) is 17.4. The predicted octanol–water partition coefficient (Wildman–Crippen LogP) is 3.04. The fourth-order valence-corrected chi connectivity index (χ4v) is 5.47. The van der Waals surface area contributed by atoms with Crippen LogP contribution in [0.1, 0.15) is 37.8 Å². The summed E-state index contributed by atoms with van der Waals surface area (Å²) in [5, 5.41) is 11.3. The highest BCUT2D eigenvalue weighted by Gasteiger charge is 2.67. The Kier molecular flexibility index (Phi) is 7.14. The van der Waals surface area contributed by atoms with Crippen molar-refractivity contribution in [2.45, 2.75) is 37.5 Å². The smallest absolute Gasteiger partial charge is 0.407 e. The van der Waals surface area contributed by atoms with Gasteiger partial charge in [-0.3, -0.25) is 9.59 Å². The molecule has 0 bridgehead atoms. The summed E-state index contributed by atoms with van der Waals surface area (Å²) in [7, 11) is 0. The molecule has 0 spiro atoms. The topological polar surface area (TPSA) is 135 Å². The molecule has 190 valence electrons. The minimum Gasteiger partial charge on any atom is -0.450 e. The minimum absolute atomic E-state index is 0.0864. The molecule has 2 atom stereocenters. The molecule has 10 nitrogen and oxygen atoms in total. The Morgan fingerprint density at radius 1 is 0.722 bits per heavy atom. The molecule has 4 rings (SSSR count). The second-order valence-corrected chi connectivity index (χ2v) is 8.60. The van der Waals surface area contributed by atoms with Crippen molar-refractivity contribution in [1.29, 1.82) is 0 Å². The predicted molar refractivity (Wildman–Crippen MR) is 133 cm³/mol. The third kappa shape index (κ3) is 4.02. The Morgan fingerprint density at radius 2 is 1.11 bits per heavy atom. The number of anilines is 2. The molecule has 4 amide bonds. The van der Waals surface area contributed by atoms with Gasteiger partial charge in [-0.05, 0) is 49.9 Å². The maximum atomic E-state index is 14.0. The van der Waals surface area contributed by atoms with E-state index < -0.39 is 23.0 Å². The van der Waals surface area contributed by atoms with Gasteiger partial charge in [0.1, 0.15) is 0 Å². The zero-order chi connectivity index (χ0) is 25.8. The Hall–Kier alpha value is -4.08. The van der Waals surface area contributed by atoms with Crippen LogP contribution in [-0.2, 0) is 29.9 Å².